The van der Waals surface area contributed by atoms with Crippen molar-refractivity contribution in [1.29, 1.82) is 0 Å². The molecule has 0 spiro atoms. The number of rotatable bonds is 2. The number of aromatic amines is 1. The summed E-state index contributed by atoms with van der Waals surface area (Å²) in [5, 5.41) is 9.76. The van der Waals surface area contributed by atoms with Crippen molar-refractivity contribution in [1.82, 2.24) is 10.2 Å². The van der Waals surface area contributed by atoms with Crippen molar-refractivity contribution in [2.75, 3.05) is 0 Å². The Morgan fingerprint density at radius 3 is 2.43 bits per heavy atom. The first-order valence-electron chi connectivity index (χ1n) is 7.41. The summed E-state index contributed by atoms with van der Waals surface area (Å²) in [6.07, 6.45) is 3.92. The third-order valence-electron chi connectivity index (χ3n) is 4.46. The van der Waals surface area contributed by atoms with Crippen LogP contribution in [0.15, 0.2) is 48.5 Å². The van der Waals surface area contributed by atoms with Crippen molar-refractivity contribution in [3.05, 3.63) is 58.7 Å². The molecule has 0 saturated heterocycles. The van der Waals surface area contributed by atoms with E-state index in [1.807, 2.05) is 12.1 Å². The van der Waals surface area contributed by atoms with E-state index in [1.54, 1.807) is 0 Å². The van der Waals surface area contributed by atoms with E-state index in [-0.39, 0.29) is 0 Å². The molecular weight excluding hydrogens is 276 g/mol. The minimum Gasteiger partial charge on any atom is -0.267 e. The van der Waals surface area contributed by atoms with Crippen LogP contribution in [0.3, 0.4) is 0 Å². The molecule has 1 heterocycles. The Kier molecular flexibility index (Phi) is 3.08. The molecule has 3 aromatic rings. The molecule has 1 aliphatic carbocycles. The quantitative estimate of drug-likeness (QED) is 0.655. The van der Waals surface area contributed by atoms with Crippen LogP contribution in [0.25, 0.3) is 22.0 Å². The number of benzene rings is 2. The summed E-state index contributed by atoms with van der Waals surface area (Å²) in [5.41, 5.74) is 3.68. The molecule has 3 heteroatoms. The van der Waals surface area contributed by atoms with E-state index >= 15 is 0 Å². The van der Waals surface area contributed by atoms with Crippen molar-refractivity contribution in [3.8, 4) is 11.3 Å². The molecule has 4 rings (SSSR count). The lowest BCUT2D eigenvalue weighted by Crippen LogP contribution is -2.10. The molecule has 104 valence electrons. The Morgan fingerprint density at radius 2 is 1.67 bits per heavy atom. The van der Waals surface area contributed by atoms with Gasteiger partial charge in [0.05, 0.1) is 5.69 Å². The largest absolute Gasteiger partial charge is 0.267 e. The number of hydrogen-bond acceptors (Lipinski definition) is 2. The molecule has 21 heavy (non-hydrogen) atoms. The zero-order valence-corrected chi connectivity index (χ0v) is 12.5. The summed E-state index contributed by atoms with van der Waals surface area (Å²) >= 11 is 5.36. The smallest absolute Gasteiger partial charge is 0.127 e. The normalized spacial score (nSPS) is 15.0. The molecule has 0 bridgehead atoms. The molecule has 0 radical (unpaired) electrons. The van der Waals surface area contributed by atoms with Crippen molar-refractivity contribution in [2.45, 2.75) is 25.2 Å². The van der Waals surface area contributed by atoms with E-state index in [1.165, 1.54) is 30.4 Å². The Morgan fingerprint density at radius 1 is 0.952 bits per heavy atom. The van der Waals surface area contributed by atoms with Crippen molar-refractivity contribution in [2.24, 2.45) is 0 Å². The summed E-state index contributed by atoms with van der Waals surface area (Å²) in [5.74, 6) is 0.685. The zero-order valence-electron chi connectivity index (χ0n) is 11.7. The molecule has 0 amide bonds. The highest BCUT2D eigenvalue weighted by molar-refractivity contribution is 7.71. The van der Waals surface area contributed by atoms with Gasteiger partial charge < -0.3 is 0 Å². The summed E-state index contributed by atoms with van der Waals surface area (Å²) in [6.45, 7) is 0. The highest BCUT2D eigenvalue weighted by Gasteiger charge is 2.23. The van der Waals surface area contributed by atoms with Gasteiger partial charge in [0.2, 0.25) is 0 Å². The predicted molar refractivity (Wildman–Crippen MR) is 89.0 cm³/mol. The highest BCUT2D eigenvalue weighted by Crippen LogP contribution is 2.41. The Bertz CT molecular complexity index is 862. The maximum absolute atomic E-state index is 5.36. The monoisotopic (exact) mass is 292 g/mol. The van der Waals surface area contributed by atoms with Gasteiger partial charge in [-0.15, -0.1) is 0 Å². The molecule has 1 aliphatic rings. The molecule has 2 nitrogen and oxygen atoms in total. The fourth-order valence-electron chi connectivity index (χ4n) is 3.11. The zero-order chi connectivity index (χ0) is 14.2. The molecule has 2 aromatic carbocycles. The van der Waals surface area contributed by atoms with Gasteiger partial charge in [0.25, 0.3) is 0 Å². The molecule has 0 unspecified atom stereocenters. The Balaban J connectivity index is 1.99. The summed E-state index contributed by atoms with van der Waals surface area (Å²) in [6, 6.07) is 16.9. The fraction of sp³-hybridized carbons (Fsp3) is 0.222. The first-order valence-corrected chi connectivity index (χ1v) is 7.82. The van der Waals surface area contributed by atoms with Gasteiger partial charge in [-0.25, -0.2) is 0 Å². The third kappa shape index (κ3) is 2.09. The van der Waals surface area contributed by atoms with Crippen LogP contribution in [0.2, 0.25) is 0 Å². The Hall–Kier alpha value is -2.00. The summed E-state index contributed by atoms with van der Waals surface area (Å²) < 4.78 is 0.704. The molecule has 0 atom stereocenters. The average Bonchev–Trinajstić information content (AvgIpc) is 2.47. The number of nitrogens with one attached hydrogen (secondary N) is 1. The van der Waals surface area contributed by atoms with Crippen molar-refractivity contribution >= 4 is 23.0 Å². The van der Waals surface area contributed by atoms with E-state index in [4.69, 9.17) is 12.2 Å². The van der Waals surface area contributed by atoms with E-state index in [0.29, 0.717) is 10.6 Å². The summed E-state index contributed by atoms with van der Waals surface area (Å²) in [7, 11) is 0. The van der Waals surface area contributed by atoms with Gasteiger partial charge in [0.1, 0.15) is 4.64 Å². The number of H-pyrrole nitrogens is 1. The lowest BCUT2D eigenvalue weighted by atomic mass is 9.77. The number of fused-ring (bicyclic) bond motifs is 1. The van der Waals surface area contributed by atoms with Crippen molar-refractivity contribution in [3.63, 3.8) is 0 Å². The minimum atomic E-state index is 0.685. The molecule has 1 saturated carbocycles. The van der Waals surface area contributed by atoms with Crippen LogP contribution < -0.4 is 0 Å². The lowest BCUT2D eigenvalue weighted by Gasteiger charge is -2.28. The SMILES string of the molecule is S=c1[nH]nc(-c2ccccc2C2CCC2)c2ccccc12. The van der Waals surface area contributed by atoms with Crippen LogP contribution in [0.1, 0.15) is 30.7 Å². The maximum Gasteiger partial charge on any atom is 0.127 e. The van der Waals surface area contributed by atoms with Crippen LogP contribution in [-0.2, 0) is 0 Å². The number of aromatic nitrogens is 2. The highest BCUT2D eigenvalue weighted by atomic mass is 32.1. The Labute approximate surface area is 128 Å². The van der Waals surface area contributed by atoms with Gasteiger partial charge in [-0.05, 0) is 24.3 Å². The molecule has 1 N–H and O–H groups in total. The standard InChI is InChI=1S/C18H16N2S/c21-18-16-11-4-3-10-15(16)17(19-20-18)14-9-2-1-8-13(14)12-6-5-7-12/h1-4,8-12H,5-7H2,(H,20,21). The first kappa shape index (κ1) is 12.7. The fourth-order valence-corrected chi connectivity index (χ4v) is 3.33. The minimum absolute atomic E-state index is 0.685. The van der Waals surface area contributed by atoms with Crippen LogP contribution in [0.4, 0.5) is 0 Å². The first-order chi connectivity index (χ1) is 10.3. The topological polar surface area (TPSA) is 28.7 Å². The average molecular weight is 292 g/mol. The molecule has 1 fully saturated rings. The summed E-state index contributed by atoms with van der Waals surface area (Å²) in [4.78, 5) is 0. The van der Waals surface area contributed by atoms with Gasteiger partial charge in [0.15, 0.2) is 0 Å². The van der Waals surface area contributed by atoms with Gasteiger partial charge in [-0.2, -0.15) is 5.10 Å². The second-order valence-corrected chi connectivity index (χ2v) is 6.07. The molecular formula is C18H16N2S. The van der Waals surface area contributed by atoms with E-state index in [9.17, 15) is 0 Å². The van der Waals surface area contributed by atoms with Gasteiger partial charge in [-0.3, -0.25) is 5.10 Å². The predicted octanol–water partition coefficient (Wildman–Crippen LogP) is 5.23. The van der Waals surface area contributed by atoms with Crippen LogP contribution in [-0.4, -0.2) is 10.2 Å². The van der Waals surface area contributed by atoms with Crippen LogP contribution in [0, 0.1) is 4.64 Å². The number of nitrogens with zero attached hydrogens (tertiary/aromatic N) is 1. The molecule has 0 aliphatic heterocycles. The van der Waals surface area contributed by atoms with Gasteiger partial charge in [0, 0.05) is 16.3 Å². The van der Waals surface area contributed by atoms with Crippen molar-refractivity contribution < 1.29 is 0 Å². The van der Waals surface area contributed by atoms with Crippen LogP contribution in [0.5, 0.6) is 0 Å². The second-order valence-electron chi connectivity index (χ2n) is 5.66. The molecule has 1 aromatic heterocycles. The van der Waals surface area contributed by atoms with E-state index < -0.39 is 0 Å². The van der Waals surface area contributed by atoms with Gasteiger partial charge >= 0.3 is 0 Å². The van der Waals surface area contributed by atoms with Gasteiger partial charge in [-0.1, -0.05) is 67.2 Å². The third-order valence-corrected chi connectivity index (χ3v) is 4.77. The maximum atomic E-state index is 5.36. The van der Waals surface area contributed by atoms with E-state index in [0.717, 1.165) is 16.5 Å². The second kappa shape index (κ2) is 5.08. The van der Waals surface area contributed by atoms with Crippen LogP contribution >= 0.6 is 12.2 Å². The number of hydrogen-bond donors (Lipinski definition) is 1. The lowest BCUT2D eigenvalue weighted by molar-refractivity contribution is 0.420. The van der Waals surface area contributed by atoms with E-state index in [2.05, 4.69) is 46.6 Å².